The maximum absolute atomic E-state index is 12.4. The van der Waals surface area contributed by atoms with Crippen LogP contribution in [0.4, 0.5) is 0 Å². The molecule has 1 aliphatic rings. The summed E-state index contributed by atoms with van der Waals surface area (Å²) in [6, 6.07) is 9.02. The molecule has 23 heavy (non-hydrogen) atoms. The fraction of sp³-hybridized carbons (Fsp3) is 0.556. The third kappa shape index (κ3) is 4.10. The number of likely N-dealkylation sites (tertiary alicyclic amines) is 1. The molecule has 1 saturated heterocycles. The molecule has 1 fully saturated rings. The van der Waals surface area contributed by atoms with Gasteiger partial charge < -0.3 is 9.47 Å². The zero-order valence-electron chi connectivity index (χ0n) is 14.0. The van der Waals surface area contributed by atoms with Crippen molar-refractivity contribution in [3.05, 3.63) is 35.9 Å². The van der Waals surface area contributed by atoms with Crippen molar-refractivity contribution in [2.45, 2.75) is 45.8 Å². The molecule has 3 atom stereocenters. The van der Waals surface area contributed by atoms with Gasteiger partial charge in [0.15, 0.2) is 0 Å². The second-order valence-electron chi connectivity index (χ2n) is 5.84. The highest BCUT2D eigenvalue weighted by Crippen LogP contribution is 2.33. The van der Waals surface area contributed by atoms with Crippen LogP contribution >= 0.6 is 0 Å². The second kappa shape index (κ2) is 8.11. The van der Waals surface area contributed by atoms with Crippen LogP contribution < -0.4 is 0 Å². The van der Waals surface area contributed by atoms with Crippen molar-refractivity contribution in [1.82, 2.24) is 4.90 Å². The lowest BCUT2D eigenvalue weighted by molar-refractivity contribution is -0.154. The third-order valence-corrected chi connectivity index (χ3v) is 4.19. The molecule has 0 spiro atoms. The molecule has 0 saturated carbocycles. The largest absolute Gasteiger partial charge is 0.465 e. The average molecular weight is 319 g/mol. The van der Waals surface area contributed by atoms with Gasteiger partial charge in [-0.3, -0.25) is 14.5 Å². The molecule has 0 bridgehead atoms. The quantitative estimate of drug-likeness (QED) is 0.754. The van der Waals surface area contributed by atoms with Crippen molar-refractivity contribution in [2.75, 3.05) is 13.2 Å². The number of carbonyl (C=O) groups is 2. The number of rotatable bonds is 6. The van der Waals surface area contributed by atoms with Gasteiger partial charge in [-0.25, -0.2) is 0 Å². The molecule has 0 amide bonds. The van der Waals surface area contributed by atoms with Crippen LogP contribution in [0.3, 0.4) is 0 Å². The summed E-state index contributed by atoms with van der Waals surface area (Å²) in [5, 5.41) is 0. The second-order valence-corrected chi connectivity index (χ2v) is 5.84. The monoisotopic (exact) mass is 319 g/mol. The van der Waals surface area contributed by atoms with Crippen LogP contribution in [0.2, 0.25) is 0 Å². The smallest absolute Gasteiger partial charge is 0.323 e. The Morgan fingerprint density at radius 3 is 2.30 bits per heavy atom. The Labute approximate surface area is 137 Å². The van der Waals surface area contributed by atoms with Gasteiger partial charge in [0.25, 0.3) is 0 Å². The molecule has 2 rings (SSSR count). The lowest BCUT2D eigenvalue weighted by Crippen LogP contribution is -2.46. The van der Waals surface area contributed by atoms with Crippen molar-refractivity contribution in [1.29, 1.82) is 0 Å². The van der Waals surface area contributed by atoms with E-state index in [0.29, 0.717) is 26.2 Å². The molecule has 5 heteroatoms. The van der Waals surface area contributed by atoms with Gasteiger partial charge in [-0.05, 0) is 31.7 Å². The van der Waals surface area contributed by atoms with Gasteiger partial charge in [0.2, 0.25) is 0 Å². The van der Waals surface area contributed by atoms with Gasteiger partial charge >= 0.3 is 11.9 Å². The van der Waals surface area contributed by atoms with Gasteiger partial charge in [0.1, 0.15) is 12.1 Å². The molecule has 1 heterocycles. The summed E-state index contributed by atoms with van der Waals surface area (Å²) in [6.07, 6.45) is 0.606. The van der Waals surface area contributed by atoms with Crippen LogP contribution in [-0.2, 0) is 25.6 Å². The van der Waals surface area contributed by atoms with E-state index in [1.54, 1.807) is 13.8 Å². The molecular weight excluding hydrogens is 294 g/mol. The van der Waals surface area contributed by atoms with Crippen LogP contribution in [0.15, 0.2) is 30.3 Å². The highest BCUT2D eigenvalue weighted by atomic mass is 16.5. The van der Waals surface area contributed by atoms with E-state index in [4.69, 9.17) is 9.47 Å². The summed E-state index contributed by atoms with van der Waals surface area (Å²) in [7, 11) is 0. The van der Waals surface area contributed by atoms with Crippen LogP contribution in [0.25, 0.3) is 0 Å². The Kier molecular flexibility index (Phi) is 6.16. The SMILES string of the molecule is CCOC(=O)[C@@H]1[C@H](C)C[C@@H](C(=O)OCC)N1Cc1ccccc1. The third-order valence-electron chi connectivity index (χ3n) is 4.19. The number of benzene rings is 1. The van der Waals surface area contributed by atoms with E-state index in [0.717, 1.165) is 5.56 Å². The number of ether oxygens (including phenoxy) is 2. The van der Waals surface area contributed by atoms with Crippen LogP contribution in [0, 0.1) is 5.92 Å². The summed E-state index contributed by atoms with van der Waals surface area (Å²) >= 11 is 0. The first-order valence-electron chi connectivity index (χ1n) is 8.21. The van der Waals surface area contributed by atoms with E-state index in [2.05, 4.69) is 0 Å². The number of hydrogen-bond acceptors (Lipinski definition) is 5. The first-order chi connectivity index (χ1) is 11.1. The van der Waals surface area contributed by atoms with Crippen molar-refractivity contribution < 1.29 is 19.1 Å². The normalized spacial score (nSPS) is 24.4. The number of carbonyl (C=O) groups excluding carboxylic acids is 2. The molecule has 0 aromatic heterocycles. The molecule has 1 aliphatic heterocycles. The van der Waals surface area contributed by atoms with Crippen LogP contribution in [-0.4, -0.2) is 42.1 Å². The molecule has 1 aromatic rings. The summed E-state index contributed by atoms with van der Waals surface area (Å²) in [5.41, 5.74) is 1.06. The van der Waals surface area contributed by atoms with Crippen molar-refractivity contribution in [2.24, 2.45) is 5.92 Å². The van der Waals surface area contributed by atoms with E-state index >= 15 is 0 Å². The van der Waals surface area contributed by atoms with Gasteiger partial charge in [-0.1, -0.05) is 37.3 Å². The minimum atomic E-state index is -0.412. The number of esters is 2. The minimum absolute atomic E-state index is 0.0483. The fourth-order valence-electron chi connectivity index (χ4n) is 3.21. The Bertz CT molecular complexity index is 531. The standard InChI is InChI=1S/C18H25NO4/c1-4-22-17(20)15-11-13(3)16(18(21)23-5-2)19(15)12-14-9-7-6-8-10-14/h6-10,13,15-16H,4-5,11-12H2,1-3H3/t13-,15+,16+/m1/s1. The van der Waals surface area contributed by atoms with Crippen molar-refractivity contribution >= 4 is 11.9 Å². The molecule has 126 valence electrons. The maximum atomic E-state index is 12.4. The van der Waals surface area contributed by atoms with E-state index < -0.39 is 12.1 Å². The summed E-state index contributed by atoms with van der Waals surface area (Å²) in [4.78, 5) is 26.6. The van der Waals surface area contributed by atoms with Crippen molar-refractivity contribution in [3.8, 4) is 0 Å². The van der Waals surface area contributed by atoms with Crippen LogP contribution in [0.5, 0.6) is 0 Å². The summed E-state index contributed by atoms with van der Waals surface area (Å²) in [5.74, 6) is -0.475. The molecule has 0 unspecified atom stereocenters. The average Bonchev–Trinajstić information content (AvgIpc) is 2.85. The first kappa shape index (κ1) is 17.5. The predicted molar refractivity (Wildman–Crippen MR) is 86.6 cm³/mol. The Morgan fingerprint density at radius 1 is 1.09 bits per heavy atom. The maximum Gasteiger partial charge on any atom is 0.323 e. The minimum Gasteiger partial charge on any atom is -0.465 e. The van der Waals surface area contributed by atoms with E-state index in [9.17, 15) is 9.59 Å². The molecular formula is C18H25NO4. The van der Waals surface area contributed by atoms with E-state index in [1.807, 2.05) is 42.2 Å². The molecule has 5 nitrogen and oxygen atoms in total. The highest BCUT2D eigenvalue weighted by Gasteiger charge is 2.47. The van der Waals surface area contributed by atoms with Gasteiger partial charge in [-0.2, -0.15) is 0 Å². The topological polar surface area (TPSA) is 55.8 Å². The highest BCUT2D eigenvalue weighted by molar-refractivity contribution is 5.81. The van der Waals surface area contributed by atoms with Gasteiger partial charge in [0, 0.05) is 6.54 Å². The predicted octanol–water partition coefficient (Wildman–Crippen LogP) is 2.39. The molecule has 1 aromatic carbocycles. The number of hydrogen-bond donors (Lipinski definition) is 0. The summed E-state index contributed by atoms with van der Waals surface area (Å²) < 4.78 is 10.4. The Balaban J connectivity index is 2.25. The van der Waals surface area contributed by atoms with Crippen LogP contribution in [0.1, 0.15) is 32.8 Å². The molecule has 0 N–H and O–H groups in total. The Morgan fingerprint density at radius 2 is 1.70 bits per heavy atom. The first-order valence-corrected chi connectivity index (χ1v) is 8.21. The van der Waals surface area contributed by atoms with Gasteiger partial charge in [0.05, 0.1) is 13.2 Å². The molecule has 0 radical (unpaired) electrons. The fourth-order valence-corrected chi connectivity index (χ4v) is 3.21. The lowest BCUT2D eigenvalue weighted by Gasteiger charge is -2.28. The lowest BCUT2D eigenvalue weighted by atomic mass is 10.0. The van der Waals surface area contributed by atoms with E-state index in [1.165, 1.54) is 0 Å². The van der Waals surface area contributed by atoms with Crippen molar-refractivity contribution in [3.63, 3.8) is 0 Å². The zero-order chi connectivity index (χ0) is 16.8. The Hall–Kier alpha value is -1.88. The summed E-state index contributed by atoms with van der Waals surface area (Å²) in [6.45, 7) is 6.78. The molecule has 0 aliphatic carbocycles. The number of nitrogens with zero attached hydrogens (tertiary/aromatic N) is 1. The zero-order valence-corrected chi connectivity index (χ0v) is 14.0. The van der Waals surface area contributed by atoms with Gasteiger partial charge in [-0.15, -0.1) is 0 Å². The van der Waals surface area contributed by atoms with E-state index in [-0.39, 0.29) is 17.9 Å².